The van der Waals surface area contributed by atoms with Crippen molar-refractivity contribution >= 4 is 17.6 Å². The van der Waals surface area contributed by atoms with Gasteiger partial charge in [0.1, 0.15) is 12.4 Å². The van der Waals surface area contributed by atoms with Crippen molar-refractivity contribution < 1.29 is 14.6 Å². The van der Waals surface area contributed by atoms with Crippen LogP contribution < -0.4 is 4.74 Å². The number of rotatable bonds is 2. The minimum Gasteiger partial charge on any atom is -0.488 e. The summed E-state index contributed by atoms with van der Waals surface area (Å²) in [4.78, 5) is 11.2. The van der Waals surface area contributed by atoms with E-state index in [4.69, 9.17) is 9.84 Å². The predicted molar refractivity (Wildman–Crippen MR) is 108 cm³/mol. The molecule has 1 aliphatic heterocycles. The van der Waals surface area contributed by atoms with Gasteiger partial charge in [-0.25, -0.2) is 4.79 Å². The Bertz CT molecular complexity index is 964. The fourth-order valence-corrected chi connectivity index (χ4v) is 4.25. The van der Waals surface area contributed by atoms with Crippen LogP contribution in [0.4, 0.5) is 0 Å². The van der Waals surface area contributed by atoms with Crippen molar-refractivity contribution in [2.45, 2.75) is 51.4 Å². The summed E-state index contributed by atoms with van der Waals surface area (Å²) in [5.74, 6) is -0.297. The molecular weight excluding hydrogens is 336 g/mol. The van der Waals surface area contributed by atoms with Gasteiger partial charge in [0.05, 0.1) is 5.56 Å². The van der Waals surface area contributed by atoms with Gasteiger partial charge in [-0.15, -0.1) is 0 Å². The summed E-state index contributed by atoms with van der Waals surface area (Å²) in [5.41, 5.74) is 6.77. The second-order valence-corrected chi connectivity index (χ2v) is 9.04. The summed E-state index contributed by atoms with van der Waals surface area (Å²) in [5, 5.41) is 9.15. The molecule has 0 bridgehead atoms. The summed E-state index contributed by atoms with van der Waals surface area (Å²) in [6, 6.07) is 11.9. The van der Waals surface area contributed by atoms with Gasteiger partial charge in [-0.2, -0.15) is 0 Å². The number of aromatic carboxylic acids is 1. The lowest BCUT2D eigenvalue weighted by Gasteiger charge is -2.42. The molecule has 0 atom stereocenters. The Labute approximate surface area is 160 Å². The molecule has 0 amide bonds. The Balaban J connectivity index is 1.76. The third-order valence-electron chi connectivity index (χ3n) is 6.20. The van der Waals surface area contributed by atoms with E-state index in [1.165, 1.54) is 29.5 Å². The highest BCUT2D eigenvalue weighted by Crippen LogP contribution is 2.46. The highest BCUT2D eigenvalue weighted by molar-refractivity contribution is 5.91. The Morgan fingerprint density at radius 1 is 0.963 bits per heavy atom. The highest BCUT2D eigenvalue weighted by Gasteiger charge is 2.37. The topological polar surface area (TPSA) is 46.5 Å². The SMILES string of the molecule is CC1(C)CCC(C)(C)c2cc(C3=Cc4ccc(C(=O)O)cc4OC3)ccc21. The van der Waals surface area contributed by atoms with Crippen LogP contribution in [0.2, 0.25) is 0 Å². The van der Waals surface area contributed by atoms with Gasteiger partial charge in [-0.3, -0.25) is 0 Å². The van der Waals surface area contributed by atoms with Crippen LogP contribution >= 0.6 is 0 Å². The van der Waals surface area contributed by atoms with Crippen molar-refractivity contribution in [2.24, 2.45) is 0 Å². The van der Waals surface area contributed by atoms with Gasteiger partial charge in [0.15, 0.2) is 0 Å². The van der Waals surface area contributed by atoms with Gasteiger partial charge in [0.2, 0.25) is 0 Å². The highest BCUT2D eigenvalue weighted by atomic mass is 16.5. The molecule has 0 saturated carbocycles. The summed E-state index contributed by atoms with van der Waals surface area (Å²) in [6.07, 6.45) is 4.51. The second-order valence-electron chi connectivity index (χ2n) is 9.04. The maximum Gasteiger partial charge on any atom is 0.335 e. The fraction of sp³-hybridized carbons (Fsp3) is 0.375. The first-order valence-electron chi connectivity index (χ1n) is 9.53. The summed E-state index contributed by atoms with van der Waals surface area (Å²) >= 11 is 0. The van der Waals surface area contributed by atoms with E-state index in [-0.39, 0.29) is 16.4 Å². The number of hydrogen-bond acceptors (Lipinski definition) is 2. The molecule has 0 aromatic heterocycles. The van der Waals surface area contributed by atoms with Crippen LogP contribution in [-0.2, 0) is 10.8 Å². The Morgan fingerprint density at radius 3 is 2.37 bits per heavy atom. The molecule has 2 aliphatic rings. The molecule has 0 spiro atoms. The van der Waals surface area contributed by atoms with Crippen LogP contribution in [0.25, 0.3) is 11.6 Å². The Kier molecular flexibility index (Phi) is 3.95. The van der Waals surface area contributed by atoms with Gasteiger partial charge in [0.25, 0.3) is 0 Å². The van der Waals surface area contributed by atoms with Crippen molar-refractivity contribution in [1.82, 2.24) is 0 Å². The average molecular weight is 362 g/mol. The van der Waals surface area contributed by atoms with Gasteiger partial charge in [-0.1, -0.05) is 52.0 Å². The predicted octanol–water partition coefficient (Wildman–Crippen LogP) is 5.67. The van der Waals surface area contributed by atoms with Gasteiger partial charge < -0.3 is 9.84 Å². The molecule has 1 N–H and O–H groups in total. The van der Waals surface area contributed by atoms with E-state index in [0.717, 1.165) is 11.1 Å². The van der Waals surface area contributed by atoms with E-state index in [2.05, 4.69) is 52.0 Å². The summed E-state index contributed by atoms with van der Waals surface area (Å²) in [6.45, 7) is 9.79. The van der Waals surface area contributed by atoms with Crippen LogP contribution in [0, 0.1) is 0 Å². The minimum absolute atomic E-state index is 0.172. The summed E-state index contributed by atoms with van der Waals surface area (Å²) in [7, 11) is 0. The molecule has 2 aromatic rings. The zero-order chi connectivity index (χ0) is 19.4. The van der Waals surface area contributed by atoms with E-state index < -0.39 is 5.97 Å². The quantitative estimate of drug-likeness (QED) is 0.749. The molecule has 0 fully saturated rings. The van der Waals surface area contributed by atoms with E-state index in [9.17, 15) is 4.79 Å². The molecule has 3 heteroatoms. The first kappa shape index (κ1) is 17.8. The number of fused-ring (bicyclic) bond motifs is 2. The Hall–Kier alpha value is -2.55. The molecular formula is C24H26O3. The zero-order valence-electron chi connectivity index (χ0n) is 16.4. The van der Waals surface area contributed by atoms with Crippen LogP contribution in [-0.4, -0.2) is 17.7 Å². The monoisotopic (exact) mass is 362 g/mol. The zero-order valence-corrected chi connectivity index (χ0v) is 16.4. The first-order valence-corrected chi connectivity index (χ1v) is 9.53. The number of carboxylic acids is 1. The number of carboxylic acid groups (broad SMARTS) is 1. The van der Waals surface area contributed by atoms with E-state index in [0.29, 0.717) is 12.4 Å². The number of hydrogen-bond donors (Lipinski definition) is 1. The van der Waals surface area contributed by atoms with Crippen molar-refractivity contribution in [3.05, 3.63) is 64.2 Å². The van der Waals surface area contributed by atoms with E-state index in [1.807, 2.05) is 6.07 Å². The second kappa shape index (κ2) is 5.98. The number of ether oxygens (including phenoxy) is 1. The van der Waals surface area contributed by atoms with Gasteiger partial charge in [0, 0.05) is 5.56 Å². The van der Waals surface area contributed by atoms with E-state index >= 15 is 0 Å². The lowest BCUT2D eigenvalue weighted by molar-refractivity contribution is 0.0696. The average Bonchev–Trinajstić information content (AvgIpc) is 2.64. The molecule has 4 rings (SSSR count). The van der Waals surface area contributed by atoms with Crippen molar-refractivity contribution in [3.8, 4) is 5.75 Å². The molecule has 0 unspecified atom stereocenters. The van der Waals surface area contributed by atoms with Crippen LogP contribution in [0.3, 0.4) is 0 Å². The standard InChI is InChI=1S/C24H26O3/c1-23(2)9-10-24(3,4)20-12-15(7-8-19(20)23)18-11-16-5-6-17(22(25)26)13-21(16)27-14-18/h5-8,11-13H,9-10,14H2,1-4H3,(H,25,26). The molecule has 0 saturated heterocycles. The third-order valence-corrected chi connectivity index (χ3v) is 6.20. The van der Waals surface area contributed by atoms with Crippen molar-refractivity contribution in [1.29, 1.82) is 0 Å². The maximum atomic E-state index is 11.2. The molecule has 3 nitrogen and oxygen atoms in total. The molecule has 1 aliphatic carbocycles. The largest absolute Gasteiger partial charge is 0.488 e. The lowest BCUT2D eigenvalue weighted by Crippen LogP contribution is -2.33. The molecule has 0 radical (unpaired) electrons. The third kappa shape index (κ3) is 3.05. The van der Waals surface area contributed by atoms with Crippen LogP contribution in [0.15, 0.2) is 36.4 Å². The first-order chi connectivity index (χ1) is 12.7. The van der Waals surface area contributed by atoms with E-state index in [1.54, 1.807) is 12.1 Å². The van der Waals surface area contributed by atoms with Gasteiger partial charge in [-0.05, 0) is 64.1 Å². The fourth-order valence-electron chi connectivity index (χ4n) is 4.25. The molecule has 2 aromatic carbocycles. The molecule has 140 valence electrons. The number of carbonyl (C=O) groups is 1. The number of benzene rings is 2. The lowest BCUT2D eigenvalue weighted by atomic mass is 9.63. The normalized spacial score (nSPS) is 19.3. The summed E-state index contributed by atoms with van der Waals surface area (Å²) < 4.78 is 5.89. The molecule has 27 heavy (non-hydrogen) atoms. The van der Waals surface area contributed by atoms with Gasteiger partial charge >= 0.3 is 5.97 Å². The smallest absolute Gasteiger partial charge is 0.335 e. The Morgan fingerprint density at radius 2 is 1.67 bits per heavy atom. The van der Waals surface area contributed by atoms with Crippen molar-refractivity contribution in [2.75, 3.05) is 6.61 Å². The maximum absolute atomic E-state index is 11.2. The van der Waals surface area contributed by atoms with Crippen LogP contribution in [0.5, 0.6) is 5.75 Å². The van der Waals surface area contributed by atoms with Crippen molar-refractivity contribution in [3.63, 3.8) is 0 Å². The van der Waals surface area contributed by atoms with Crippen LogP contribution in [0.1, 0.15) is 73.1 Å². The molecule has 1 heterocycles. The minimum atomic E-state index is -0.935.